The van der Waals surface area contributed by atoms with Crippen LogP contribution in [0, 0.1) is 0 Å². The van der Waals surface area contributed by atoms with Crippen LogP contribution in [0.2, 0.25) is 0 Å². The Bertz CT molecular complexity index is 269. The van der Waals surface area contributed by atoms with Crippen molar-refractivity contribution in [3.63, 3.8) is 0 Å². The second-order valence-corrected chi connectivity index (χ2v) is 6.03. The molecule has 0 saturated heterocycles. The minimum absolute atomic E-state index is 0.677. The Morgan fingerprint density at radius 2 is 1.37 bits per heavy atom. The molecule has 0 fully saturated rings. The van der Waals surface area contributed by atoms with Crippen molar-refractivity contribution in [2.75, 3.05) is 38.6 Å². The summed E-state index contributed by atoms with van der Waals surface area (Å²) in [6, 6.07) is 0. The summed E-state index contributed by atoms with van der Waals surface area (Å²) in [5, 5.41) is 6.32. The fourth-order valence-corrected chi connectivity index (χ4v) is 1.98. The zero-order chi connectivity index (χ0) is 15.4. The molecule has 0 aliphatic carbocycles. The molecule has 0 saturated carbocycles. The highest BCUT2D eigenvalue weighted by Gasteiger charge is 2.27. The average molecular weight is 344 g/mol. The van der Waals surface area contributed by atoms with E-state index in [4.69, 9.17) is 36.9 Å². The smallest absolute Gasteiger partial charge is 0.329 e. The van der Waals surface area contributed by atoms with Crippen molar-refractivity contribution in [1.29, 1.82) is 0 Å². The predicted octanol–water partition coefficient (Wildman–Crippen LogP) is -1.45. The van der Waals surface area contributed by atoms with E-state index >= 15 is 0 Å². The Morgan fingerprint density at radius 3 is 1.63 bits per heavy atom. The summed E-state index contributed by atoms with van der Waals surface area (Å²) in [5.41, 5.74) is 5.27. The van der Waals surface area contributed by atoms with Crippen LogP contribution in [0.3, 0.4) is 0 Å². The Kier molecular flexibility index (Phi) is 13.9. The number of hydrogen-bond donors (Lipinski definition) is 7. The Balaban J connectivity index is 0. The third-order valence-electron chi connectivity index (χ3n) is 1.28. The van der Waals surface area contributed by atoms with Crippen LogP contribution in [-0.2, 0) is 13.4 Å². The summed E-state index contributed by atoms with van der Waals surface area (Å²) in [4.78, 5) is 31.0. The maximum absolute atomic E-state index is 9.63. The summed E-state index contributed by atoms with van der Waals surface area (Å²) in [7, 11) is -10.1. The zero-order valence-corrected chi connectivity index (χ0v) is 12.7. The molecule has 0 amide bonds. The highest BCUT2D eigenvalue weighted by Crippen LogP contribution is 2.53. The first-order valence-electron chi connectivity index (χ1n) is 5.12. The van der Waals surface area contributed by atoms with E-state index in [9.17, 15) is 9.13 Å². The lowest BCUT2D eigenvalue weighted by atomic mass is 10.5. The lowest BCUT2D eigenvalue weighted by Crippen LogP contribution is -2.31. The molecule has 0 aromatic rings. The summed E-state index contributed by atoms with van der Waals surface area (Å²) in [6.45, 7) is 4.41. The van der Waals surface area contributed by atoms with E-state index in [1.54, 1.807) is 0 Å². The molecule has 0 spiro atoms. The minimum Gasteiger partial charge on any atom is -0.329 e. The summed E-state index contributed by atoms with van der Waals surface area (Å²) >= 11 is 5.44. The molecule has 118 valence electrons. The fourth-order valence-electron chi connectivity index (χ4n) is 0.734. The molecule has 0 heterocycles. The number of alkyl halides is 1. The molecular weight excluding hydrogens is 323 g/mol. The quantitative estimate of drug-likeness (QED) is 0.149. The van der Waals surface area contributed by atoms with Gasteiger partial charge >= 0.3 is 15.6 Å². The molecule has 0 unspecified atom stereocenters. The predicted molar refractivity (Wildman–Crippen MR) is 70.7 cm³/mol. The van der Waals surface area contributed by atoms with Crippen LogP contribution in [0.4, 0.5) is 0 Å². The van der Waals surface area contributed by atoms with E-state index in [0.717, 1.165) is 26.2 Å². The van der Waals surface area contributed by atoms with Crippen LogP contribution in [0.15, 0.2) is 0 Å². The van der Waals surface area contributed by atoms with Crippen LogP contribution in [-0.4, -0.2) is 58.2 Å². The fraction of sp³-hybridized carbons (Fsp3) is 1.00. The number of hydrogen-bond acceptors (Lipinski definition) is 6. The molecule has 0 aliphatic heterocycles. The van der Waals surface area contributed by atoms with E-state index in [-0.39, 0.29) is 0 Å². The van der Waals surface area contributed by atoms with Gasteiger partial charge in [-0.15, -0.1) is 11.6 Å². The van der Waals surface area contributed by atoms with Gasteiger partial charge in [-0.05, 0) is 0 Å². The average Bonchev–Trinajstić information content (AvgIpc) is 2.19. The summed E-state index contributed by atoms with van der Waals surface area (Å²) in [5.74, 6) is 0.677. The molecule has 13 heteroatoms. The largest absolute Gasteiger partial charge is 0.478 e. The van der Waals surface area contributed by atoms with E-state index < -0.39 is 15.6 Å². The zero-order valence-electron chi connectivity index (χ0n) is 10.1. The molecule has 0 aliphatic rings. The molecular formula is C6H20ClN3O7P2. The van der Waals surface area contributed by atoms with Gasteiger partial charge in [0.1, 0.15) is 0 Å². The highest BCUT2D eigenvalue weighted by atomic mass is 35.5. The van der Waals surface area contributed by atoms with E-state index in [1.807, 2.05) is 0 Å². The van der Waals surface area contributed by atoms with E-state index in [0.29, 0.717) is 12.4 Å². The molecule has 8 N–H and O–H groups in total. The van der Waals surface area contributed by atoms with Crippen LogP contribution in [0.25, 0.3) is 0 Å². The lowest BCUT2D eigenvalue weighted by molar-refractivity contribution is 0.225. The first-order chi connectivity index (χ1) is 8.62. The van der Waals surface area contributed by atoms with Gasteiger partial charge in [0.2, 0.25) is 0 Å². The second kappa shape index (κ2) is 12.2. The van der Waals surface area contributed by atoms with Crippen LogP contribution in [0.1, 0.15) is 0 Å². The maximum Gasteiger partial charge on any atom is 0.478 e. The van der Waals surface area contributed by atoms with Gasteiger partial charge < -0.3 is 35.9 Å². The number of phosphoric acid groups is 2. The Hall–Kier alpha value is 0.430. The molecule has 0 bridgehead atoms. The second-order valence-electron chi connectivity index (χ2n) is 3.04. The van der Waals surface area contributed by atoms with Crippen molar-refractivity contribution < 1.29 is 33.0 Å². The Labute approximate surface area is 116 Å². The van der Waals surface area contributed by atoms with Crippen molar-refractivity contribution in [2.45, 2.75) is 0 Å². The molecule has 19 heavy (non-hydrogen) atoms. The highest BCUT2D eigenvalue weighted by molar-refractivity contribution is 7.60. The number of nitrogens with one attached hydrogen (secondary N) is 2. The van der Waals surface area contributed by atoms with Gasteiger partial charge in [-0.2, -0.15) is 4.31 Å². The molecule has 0 aromatic heterocycles. The van der Waals surface area contributed by atoms with Gasteiger partial charge in [0.05, 0.1) is 0 Å². The molecule has 0 rings (SSSR count). The van der Waals surface area contributed by atoms with Gasteiger partial charge in [0, 0.05) is 38.6 Å². The van der Waals surface area contributed by atoms with Crippen LogP contribution in [0.5, 0.6) is 0 Å². The van der Waals surface area contributed by atoms with Crippen LogP contribution < -0.4 is 16.4 Å². The molecule has 0 radical (unpaired) electrons. The van der Waals surface area contributed by atoms with Gasteiger partial charge in [0.15, 0.2) is 0 Å². The van der Waals surface area contributed by atoms with Crippen molar-refractivity contribution >= 4 is 27.2 Å². The van der Waals surface area contributed by atoms with Crippen molar-refractivity contribution in [3.8, 4) is 0 Å². The Morgan fingerprint density at radius 1 is 0.947 bits per heavy atom. The van der Waals surface area contributed by atoms with Gasteiger partial charge in [-0.25, -0.2) is 9.13 Å². The number of halogens is 1. The summed E-state index contributed by atoms with van der Waals surface area (Å²) < 4.78 is 22.2. The van der Waals surface area contributed by atoms with Gasteiger partial charge in [-0.1, -0.05) is 0 Å². The van der Waals surface area contributed by atoms with Crippen molar-refractivity contribution in [3.05, 3.63) is 0 Å². The number of nitrogens with two attached hydrogens (primary N) is 1. The first kappa shape index (κ1) is 21.7. The van der Waals surface area contributed by atoms with Crippen molar-refractivity contribution in [2.24, 2.45) is 5.73 Å². The maximum atomic E-state index is 9.63. The van der Waals surface area contributed by atoms with Gasteiger partial charge in [0.25, 0.3) is 0 Å². The monoisotopic (exact) mass is 343 g/mol. The standard InChI is InChI=1S/C6H16ClN3.H4O7P2/c7-1-3-9-5-6-10-4-2-8;1-8(2,3)7-9(4,5)6/h9-10H,1-6,8H2;(H2,1,2,3)(H2,4,5,6). The number of rotatable bonds is 9. The normalized spacial score (nSPS) is 11.9. The van der Waals surface area contributed by atoms with E-state index in [2.05, 4.69) is 14.9 Å². The summed E-state index contributed by atoms with van der Waals surface area (Å²) in [6.07, 6.45) is 0. The lowest BCUT2D eigenvalue weighted by Gasteiger charge is -2.03. The minimum atomic E-state index is -5.05. The molecule has 10 nitrogen and oxygen atoms in total. The molecule has 0 aromatic carbocycles. The van der Waals surface area contributed by atoms with Crippen LogP contribution >= 0.6 is 27.2 Å². The SMILES string of the molecule is NCCNCCNCCCl.O=P(O)(O)OP(=O)(O)O. The third-order valence-corrected chi connectivity index (χ3v) is 3.17. The van der Waals surface area contributed by atoms with Gasteiger partial charge in [-0.3, -0.25) is 0 Å². The molecule has 0 atom stereocenters. The topological polar surface area (TPSA) is 174 Å². The van der Waals surface area contributed by atoms with E-state index in [1.165, 1.54) is 0 Å². The third kappa shape index (κ3) is 27.6. The first-order valence-corrected chi connectivity index (χ1v) is 8.72. The van der Waals surface area contributed by atoms with Crippen molar-refractivity contribution in [1.82, 2.24) is 10.6 Å².